The van der Waals surface area contributed by atoms with Gasteiger partial charge in [-0.3, -0.25) is 14.6 Å². The van der Waals surface area contributed by atoms with Crippen molar-refractivity contribution in [1.29, 1.82) is 0 Å². The first kappa shape index (κ1) is 28.7. The Morgan fingerprint density at radius 1 is 1.11 bits per heavy atom. The van der Waals surface area contributed by atoms with Crippen LogP contribution in [0.3, 0.4) is 0 Å². The number of nitrogens with one attached hydrogen (secondary N) is 1. The van der Waals surface area contributed by atoms with E-state index in [0.717, 1.165) is 0 Å². The van der Waals surface area contributed by atoms with Crippen molar-refractivity contribution in [3.63, 3.8) is 0 Å². The van der Waals surface area contributed by atoms with Gasteiger partial charge in [-0.15, -0.1) is 0 Å². The molecular formula is C24H29Cl2N5O5. The van der Waals surface area contributed by atoms with Crippen LogP contribution in [0.15, 0.2) is 53.5 Å². The number of carbonyl (C=O) groups is 3. The number of amides is 2. The zero-order chi connectivity index (χ0) is 26.7. The van der Waals surface area contributed by atoms with Crippen LogP contribution in [0, 0.1) is 0 Å². The number of ether oxygens (including phenoxy) is 1. The van der Waals surface area contributed by atoms with Crippen molar-refractivity contribution in [2.24, 2.45) is 16.5 Å². The fourth-order valence-corrected chi connectivity index (χ4v) is 3.89. The minimum atomic E-state index is -1.21. The van der Waals surface area contributed by atoms with Crippen molar-refractivity contribution in [2.45, 2.75) is 38.5 Å². The van der Waals surface area contributed by atoms with Gasteiger partial charge in [-0.1, -0.05) is 41.4 Å². The van der Waals surface area contributed by atoms with Crippen LogP contribution >= 0.6 is 23.2 Å². The molecule has 2 aromatic carbocycles. The summed E-state index contributed by atoms with van der Waals surface area (Å²) < 4.78 is 5.73. The Hall–Kier alpha value is -3.50. The summed E-state index contributed by atoms with van der Waals surface area (Å²) >= 11 is 12.2. The average Bonchev–Trinajstić information content (AvgIpc) is 2.79. The molecule has 0 saturated carbocycles. The molecule has 2 unspecified atom stereocenters. The van der Waals surface area contributed by atoms with Crippen molar-refractivity contribution in [1.82, 2.24) is 10.2 Å². The Morgan fingerprint density at radius 3 is 2.33 bits per heavy atom. The maximum absolute atomic E-state index is 13.3. The summed E-state index contributed by atoms with van der Waals surface area (Å²) in [6, 6.07) is 12.4. The van der Waals surface area contributed by atoms with E-state index in [4.69, 9.17) is 39.4 Å². The molecule has 6 N–H and O–H groups in total. The number of carboxylic acid groups (broad SMARTS) is 1. The lowest BCUT2D eigenvalue weighted by atomic mass is 10.1. The average molecular weight is 538 g/mol. The third kappa shape index (κ3) is 10.0. The maximum Gasteiger partial charge on any atom is 0.326 e. The molecule has 194 valence electrons. The van der Waals surface area contributed by atoms with E-state index in [2.05, 4.69) is 10.3 Å². The molecule has 2 amide bonds. The molecule has 0 aliphatic rings. The SMILES string of the molecule is CC(Oc1ccccc1)C(=O)N(CC(=O)NC(CCCN=C(N)N)C(=O)O)Cc1cc(Cl)cc(Cl)c1. The molecule has 36 heavy (non-hydrogen) atoms. The van der Waals surface area contributed by atoms with Crippen molar-refractivity contribution in [2.75, 3.05) is 13.1 Å². The van der Waals surface area contributed by atoms with Gasteiger partial charge in [0.05, 0.1) is 0 Å². The summed E-state index contributed by atoms with van der Waals surface area (Å²) in [6.07, 6.45) is -0.492. The Kier molecular flexibility index (Phi) is 11.3. The molecule has 0 bridgehead atoms. The minimum Gasteiger partial charge on any atom is -0.481 e. The summed E-state index contributed by atoms with van der Waals surface area (Å²) in [5.41, 5.74) is 11.1. The Labute approximate surface area is 219 Å². The highest BCUT2D eigenvalue weighted by Gasteiger charge is 2.27. The number of nitrogens with two attached hydrogens (primary N) is 2. The quantitative estimate of drug-likeness (QED) is 0.173. The number of nitrogens with zero attached hydrogens (tertiary/aromatic N) is 2. The number of halogens is 2. The van der Waals surface area contributed by atoms with Crippen LogP contribution in [0.2, 0.25) is 10.0 Å². The first-order valence-electron chi connectivity index (χ1n) is 11.1. The van der Waals surface area contributed by atoms with Gasteiger partial charge in [-0.25, -0.2) is 4.79 Å². The van der Waals surface area contributed by atoms with E-state index in [1.807, 2.05) is 6.07 Å². The molecule has 0 fully saturated rings. The lowest BCUT2D eigenvalue weighted by molar-refractivity contribution is -0.144. The van der Waals surface area contributed by atoms with Gasteiger partial charge in [0.25, 0.3) is 5.91 Å². The largest absolute Gasteiger partial charge is 0.481 e. The second kappa shape index (κ2) is 14.2. The van der Waals surface area contributed by atoms with Gasteiger partial charge >= 0.3 is 5.97 Å². The number of guanidine groups is 1. The molecule has 0 radical (unpaired) electrons. The molecule has 2 rings (SSSR count). The number of aliphatic carboxylic acids is 1. The lowest BCUT2D eigenvalue weighted by Gasteiger charge is -2.26. The van der Waals surface area contributed by atoms with Crippen LogP contribution in [-0.2, 0) is 20.9 Å². The molecular weight excluding hydrogens is 509 g/mol. The van der Waals surface area contributed by atoms with Crippen LogP contribution in [0.4, 0.5) is 0 Å². The Balaban J connectivity index is 2.15. The first-order valence-corrected chi connectivity index (χ1v) is 11.8. The van der Waals surface area contributed by atoms with Gasteiger partial charge in [0.15, 0.2) is 12.1 Å². The van der Waals surface area contributed by atoms with E-state index >= 15 is 0 Å². The van der Waals surface area contributed by atoms with Crippen molar-refractivity contribution >= 4 is 46.9 Å². The van der Waals surface area contributed by atoms with E-state index in [0.29, 0.717) is 27.8 Å². The number of aliphatic imine (C=N–C) groups is 1. The molecule has 0 saturated heterocycles. The second-order valence-electron chi connectivity index (χ2n) is 7.95. The highest BCUT2D eigenvalue weighted by molar-refractivity contribution is 6.34. The van der Waals surface area contributed by atoms with E-state index < -0.39 is 36.5 Å². The summed E-state index contributed by atoms with van der Waals surface area (Å²) in [7, 11) is 0. The lowest BCUT2D eigenvalue weighted by Crippen LogP contribution is -2.49. The molecule has 2 aromatic rings. The molecule has 10 nitrogen and oxygen atoms in total. The van der Waals surface area contributed by atoms with Crippen molar-refractivity contribution in [3.8, 4) is 5.75 Å². The summed E-state index contributed by atoms with van der Waals surface area (Å²) in [4.78, 5) is 42.7. The predicted octanol–water partition coefficient (Wildman–Crippen LogP) is 2.41. The van der Waals surface area contributed by atoms with Gasteiger partial charge in [-0.2, -0.15) is 0 Å². The summed E-state index contributed by atoms with van der Waals surface area (Å²) in [6.45, 7) is 1.37. The maximum atomic E-state index is 13.3. The molecule has 0 aromatic heterocycles. The summed E-state index contributed by atoms with van der Waals surface area (Å²) in [5.74, 6) is -1.97. The number of rotatable bonds is 13. The summed E-state index contributed by atoms with van der Waals surface area (Å²) in [5, 5.41) is 12.7. The fourth-order valence-electron chi connectivity index (χ4n) is 3.32. The van der Waals surface area contributed by atoms with Crippen LogP contribution in [0.1, 0.15) is 25.3 Å². The van der Waals surface area contributed by atoms with Crippen LogP contribution < -0.4 is 21.5 Å². The standard InChI is InChI=1S/C24H29Cl2N5O5/c1-15(36-19-6-3-2-4-7-19)22(33)31(13-16-10-17(25)12-18(26)11-16)14-21(32)30-20(23(34)35)8-5-9-29-24(27)28/h2-4,6-7,10-12,15,20H,5,8-9,13-14H2,1H3,(H,30,32)(H,34,35)(H4,27,28,29). The Morgan fingerprint density at radius 2 is 1.75 bits per heavy atom. The third-order valence-electron chi connectivity index (χ3n) is 4.92. The van der Waals surface area contributed by atoms with Crippen LogP contribution in [0.5, 0.6) is 5.75 Å². The highest BCUT2D eigenvalue weighted by atomic mass is 35.5. The van der Waals surface area contributed by atoms with E-state index in [1.54, 1.807) is 49.4 Å². The van der Waals surface area contributed by atoms with Crippen molar-refractivity contribution in [3.05, 3.63) is 64.1 Å². The number of benzene rings is 2. The molecule has 0 heterocycles. The number of hydrogen-bond acceptors (Lipinski definition) is 5. The van der Waals surface area contributed by atoms with Gasteiger partial charge < -0.3 is 31.5 Å². The van der Waals surface area contributed by atoms with Gasteiger partial charge in [0.1, 0.15) is 18.3 Å². The number of carboxylic acids is 1. The van der Waals surface area contributed by atoms with E-state index in [9.17, 15) is 19.5 Å². The molecule has 0 aliphatic heterocycles. The first-order chi connectivity index (χ1) is 17.0. The predicted molar refractivity (Wildman–Crippen MR) is 138 cm³/mol. The zero-order valence-corrected chi connectivity index (χ0v) is 21.2. The minimum absolute atomic E-state index is 0.00273. The zero-order valence-electron chi connectivity index (χ0n) is 19.7. The third-order valence-corrected chi connectivity index (χ3v) is 5.36. The Bertz CT molecular complexity index is 1060. The van der Waals surface area contributed by atoms with Crippen LogP contribution in [-0.4, -0.2) is 59.0 Å². The van der Waals surface area contributed by atoms with Crippen molar-refractivity contribution < 1.29 is 24.2 Å². The number of hydrogen-bond donors (Lipinski definition) is 4. The van der Waals surface area contributed by atoms with Gasteiger partial charge in [0.2, 0.25) is 5.91 Å². The van der Waals surface area contributed by atoms with Gasteiger partial charge in [0, 0.05) is 23.1 Å². The van der Waals surface area contributed by atoms with Gasteiger partial charge in [-0.05, 0) is 55.7 Å². The van der Waals surface area contributed by atoms with E-state index in [-0.39, 0.29) is 25.5 Å². The molecule has 2 atom stereocenters. The normalized spacial score (nSPS) is 12.2. The smallest absolute Gasteiger partial charge is 0.326 e. The number of carbonyl (C=O) groups excluding carboxylic acids is 2. The van der Waals surface area contributed by atoms with E-state index in [1.165, 1.54) is 4.90 Å². The number of para-hydroxylation sites is 1. The van der Waals surface area contributed by atoms with Crippen LogP contribution in [0.25, 0.3) is 0 Å². The molecule has 0 aliphatic carbocycles. The second-order valence-corrected chi connectivity index (χ2v) is 8.83. The molecule has 12 heteroatoms. The topological polar surface area (TPSA) is 160 Å². The highest BCUT2D eigenvalue weighted by Crippen LogP contribution is 2.21. The fraction of sp³-hybridized carbons (Fsp3) is 0.333. The molecule has 0 spiro atoms. The monoisotopic (exact) mass is 537 g/mol.